The summed E-state index contributed by atoms with van der Waals surface area (Å²) in [7, 11) is 1.44. The first-order valence-electron chi connectivity index (χ1n) is 12.3. The van der Waals surface area contributed by atoms with Gasteiger partial charge < -0.3 is 19.1 Å². The third-order valence-corrected chi connectivity index (χ3v) is 7.07. The number of ether oxygens (including phenoxy) is 3. The molecular weight excluding hydrogens is 487 g/mol. The van der Waals surface area contributed by atoms with Gasteiger partial charge in [0.15, 0.2) is 0 Å². The number of Topliss-reactive ketones (excluding diaryl/α,β-unsaturated/α-hetero) is 1. The molecule has 2 aliphatic rings. The number of nitrogens with zero attached hydrogens (tertiary/aromatic N) is 1. The summed E-state index contributed by atoms with van der Waals surface area (Å²) in [6, 6.07) is 12.8. The average Bonchev–Trinajstić information content (AvgIpc) is 3.13. The van der Waals surface area contributed by atoms with E-state index in [9.17, 15) is 22.8 Å². The molecule has 1 spiro atoms. The lowest BCUT2D eigenvalue weighted by atomic mass is 9.68. The first-order chi connectivity index (χ1) is 17.3. The number of carbonyl (C=O) groups excluding carboxylic acids is 2. The van der Waals surface area contributed by atoms with Gasteiger partial charge in [0.1, 0.15) is 22.9 Å². The zero-order valence-corrected chi connectivity index (χ0v) is 21.4. The predicted octanol–water partition coefficient (Wildman–Crippen LogP) is 6.80. The van der Waals surface area contributed by atoms with Gasteiger partial charge in [-0.3, -0.25) is 4.79 Å². The van der Waals surface area contributed by atoms with E-state index in [1.54, 1.807) is 25.7 Å². The maximum absolute atomic E-state index is 13.9. The molecule has 1 amide bonds. The Morgan fingerprint density at radius 1 is 1.08 bits per heavy atom. The quantitative estimate of drug-likeness (QED) is 0.445. The minimum absolute atomic E-state index is 0.0243. The van der Waals surface area contributed by atoms with E-state index in [0.29, 0.717) is 37.1 Å². The monoisotopic (exact) mass is 519 g/mol. The summed E-state index contributed by atoms with van der Waals surface area (Å²) in [6.07, 6.45) is -3.69. The van der Waals surface area contributed by atoms with Crippen molar-refractivity contribution in [1.82, 2.24) is 4.90 Å². The smallest absolute Gasteiger partial charge is 0.496 e. The Labute approximate surface area is 214 Å². The van der Waals surface area contributed by atoms with Gasteiger partial charge in [0, 0.05) is 18.5 Å². The third-order valence-electron chi connectivity index (χ3n) is 7.07. The molecule has 0 aromatic heterocycles. The van der Waals surface area contributed by atoms with Crippen molar-refractivity contribution in [3.63, 3.8) is 0 Å². The first-order valence-corrected chi connectivity index (χ1v) is 12.3. The zero-order chi connectivity index (χ0) is 27.0. The summed E-state index contributed by atoms with van der Waals surface area (Å²) >= 11 is 0. The number of hydrogen-bond acceptors (Lipinski definition) is 5. The third kappa shape index (κ3) is 5.70. The van der Waals surface area contributed by atoms with Crippen LogP contribution in [0.2, 0.25) is 0 Å². The van der Waals surface area contributed by atoms with Crippen molar-refractivity contribution >= 4 is 11.9 Å². The molecule has 4 rings (SSSR count). The lowest BCUT2D eigenvalue weighted by molar-refractivity contribution is -0.274. The molecule has 0 radical (unpaired) electrons. The number of rotatable bonds is 4. The standard InChI is InChI=1S/C28H32F3NO5/c1-26(2,3)37-25(34)32-14-8-13-27(24(32)18-9-6-5-7-10-18)17-19(15-23(27)33)21-16-20(36-28(29,30)31)11-12-22(21)35-4/h5-7,9-12,16,19,24H,8,13-15,17H2,1-4H3. The van der Waals surface area contributed by atoms with E-state index in [4.69, 9.17) is 9.47 Å². The van der Waals surface area contributed by atoms with E-state index < -0.39 is 35.4 Å². The van der Waals surface area contributed by atoms with E-state index in [-0.39, 0.29) is 18.0 Å². The first kappa shape index (κ1) is 26.8. The van der Waals surface area contributed by atoms with Crippen LogP contribution in [0.4, 0.5) is 18.0 Å². The number of halogens is 3. The SMILES string of the molecule is COc1ccc(OC(F)(F)F)cc1C1CC(=O)C2(CCCN(C(=O)OC(C)(C)C)C2c2ccccc2)C1. The number of ketones is 1. The van der Waals surface area contributed by atoms with Gasteiger partial charge in [0.05, 0.1) is 18.6 Å². The zero-order valence-electron chi connectivity index (χ0n) is 21.4. The van der Waals surface area contributed by atoms with Gasteiger partial charge in [-0.1, -0.05) is 30.3 Å². The average molecular weight is 520 g/mol. The van der Waals surface area contributed by atoms with Crippen LogP contribution in [-0.4, -0.2) is 42.4 Å². The van der Waals surface area contributed by atoms with Crippen LogP contribution in [0, 0.1) is 5.41 Å². The fourth-order valence-electron chi connectivity index (χ4n) is 5.79. The normalized spacial score (nSPS) is 24.3. The van der Waals surface area contributed by atoms with E-state index >= 15 is 0 Å². The fourth-order valence-corrected chi connectivity index (χ4v) is 5.79. The molecule has 0 N–H and O–H groups in total. The van der Waals surface area contributed by atoms with Gasteiger partial charge >= 0.3 is 12.5 Å². The molecule has 2 fully saturated rings. The Balaban J connectivity index is 1.74. The number of hydrogen-bond donors (Lipinski definition) is 0. The maximum atomic E-state index is 13.9. The Morgan fingerprint density at radius 2 is 1.78 bits per heavy atom. The van der Waals surface area contributed by atoms with E-state index in [0.717, 1.165) is 5.56 Å². The van der Waals surface area contributed by atoms with Gasteiger partial charge in [-0.05, 0) is 69.7 Å². The number of piperidine rings is 1. The molecule has 9 heteroatoms. The molecule has 1 heterocycles. The summed E-state index contributed by atoms with van der Waals surface area (Å²) in [5.41, 5.74) is -0.316. The molecule has 1 saturated heterocycles. The van der Waals surface area contributed by atoms with Crippen molar-refractivity contribution in [2.75, 3.05) is 13.7 Å². The topological polar surface area (TPSA) is 65.1 Å². The summed E-state index contributed by atoms with van der Waals surface area (Å²) in [6.45, 7) is 5.82. The van der Waals surface area contributed by atoms with Gasteiger partial charge in [-0.2, -0.15) is 0 Å². The van der Waals surface area contributed by atoms with Gasteiger partial charge in [-0.25, -0.2) is 4.79 Å². The van der Waals surface area contributed by atoms with Crippen LogP contribution >= 0.6 is 0 Å². The lowest BCUT2D eigenvalue weighted by Gasteiger charge is -2.47. The van der Waals surface area contributed by atoms with Crippen molar-refractivity contribution in [2.45, 2.75) is 70.4 Å². The summed E-state index contributed by atoms with van der Waals surface area (Å²) in [5.74, 6) is -0.399. The molecule has 1 saturated carbocycles. The Kier molecular flexibility index (Phi) is 7.18. The summed E-state index contributed by atoms with van der Waals surface area (Å²) in [4.78, 5) is 28.8. The molecular formula is C28H32F3NO5. The van der Waals surface area contributed by atoms with Crippen molar-refractivity contribution in [1.29, 1.82) is 0 Å². The fraction of sp³-hybridized carbons (Fsp3) is 0.500. The summed E-state index contributed by atoms with van der Waals surface area (Å²) < 4.78 is 54.0. The predicted molar refractivity (Wildman–Crippen MR) is 130 cm³/mol. The van der Waals surface area contributed by atoms with Crippen LogP contribution in [0.25, 0.3) is 0 Å². The number of likely N-dealkylation sites (tertiary alicyclic amines) is 1. The van der Waals surface area contributed by atoms with Gasteiger partial charge in [0.2, 0.25) is 0 Å². The molecule has 37 heavy (non-hydrogen) atoms. The second-order valence-corrected chi connectivity index (χ2v) is 10.7. The number of carbonyl (C=O) groups is 2. The maximum Gasteiger partial charge on any atom is 0.573 e. The number of amides is 1. The van der Waals surface area contributed by atoms with E-state index in [1.165, 1.54) is 25.3 Å². The van der Waals surface area contributed by atoms with Crippen LogP contribution in [0.3, 0.4) is 0 Å². The van der Waals surface area contributed by atoms with Crippen LogP contribution in [0.5, 0.6) is 11.5 Å². The molecule has 3 unspecified atom stereocenters. The van der Waals surface area contributed by atoms with Crippen LogP contribution in [0.15, 0.2) is 48.5 Å². The molecule has 2 aromatic rings. The molecule has 2 aromatic carbocycles. The highest BCUT2D eigenvalue weighted by Gasteiger charge is 2.57. The summed E-state index contributed by atoms with van der Waals surface area (Å²) in [5, 5.41) is 0. The second-order valence-electron chi connectivity index (χ2n) is 10.7. The molecule has 0 bridgehead atoms. The van der Waals surface area contributed by atoms with Crippen molar-refractivity contribution in [3.05, 3.63) is 59.7 Å². The Morgan fingerprint density at radius 3 is 2.41 bits per heavy atom. The second kappa shape index (κ2) is 9.91. The van der Waals surface area contributed by atoms with Crippen molar-refractivity contribution in [2.24, 2.45) is 5.41 Å². The highest BCUT2D eigenvalue weighted by atomic mass is 19.4. The highest BCUT2D eigenvalue weighted by Crippen LogP contribution is 2.58. The highest BCUT2D eigenvalue weighted by molar-refractivity contribution is 5.90. The molecule has 6 nitrogen and oxygen atoms in total. The molecule has 1 aliphatic carbocycles. The van der Waals surface area contributed by atoms with Gasteiger partial charge in [-0.15, -0.1) is 13.2 Å². The van der Waals surface area contributed by atoms with Crippen LogP contribution in [0.1, 0.15) is 69.5 Å². The number of alkyl halides is 3. The van der Waals surface area contributed by atoms with Crippen LogP contribution < -0.4 is 9.47 Å². The minimum Gasteiger partial charge on any atom is -0.496 e. The van der Waals surface area contributed by atoms with Crippen LogP contribution in [-0.2, 0) is 9.53 Å². The Hall–Kier alpha value is -3.23. The lowest BCUT2D eigenvalue weighted by Crippen LogP contribution is -2.51. The minimum atomic E-state index is -4.84. The van der Waals surface area contributed by atoms with Gasteiger partial charge in [0.25, 0.3) is 0 Å². The largest absolute Gasteiger partial charge is 0.573 e. The van der Waals surface area contributed by atoms with E-state index in [2.05, 4.69) is 4.74 Å². The molecule has 1 aliphatic heterocycles. The number of methoxy groups -OCH3 is 1. The van der Waals surface area contributed by atoms with Crippen molar-refractivity contribution in [3.8, 4) is 11.5 Å². The van der Waals surface area contributed by atoms with Crippen molar-refractivity contribution < 1.29 is 37.0 Å². The number of benzene rings is 2. The Bertz CT molecular complexity index is 1140. The molecule has 3 atom stereocenters. The van der Waals surface area contributed by atoms with E-state index in [1.807, 2.05) is 30.3 Å². The molecule has 200 valence electrons.